The van der Waals surface area contributed by atoms with Crippen molar-refractivity contribution >= 4 is 12.6 Å². The van der Waals surface area contributed by atoms with E-state index in [0.29, 0.717) is 11.7 Å². The van der Waals surface area contributed by atoms with Crippen LogP contribution < -0.4 is 11.2 Å². The molecular formula is C14H25N5O. The van der Waals surface area contributed by atoms with Gasteiger partial charge in [0, 0.05) is 27.2 Å². The fourth-order valence-electron chi connectivity index (χ4n) is 2.35. The normalized spacial score (nSPS) is 23.2. The third-order valence-electron chi connectivity index (χ3n) is 3.53. The topological polar surface area (TPSA) is 74.0 Å². The van der Waals surface area contributed by atoms with Crippen LogP contribution in [0, 0.1) is 5.92 Å². The molecular weight excluding hydrogens is 254 g/mol. The Morgan fingerprint density at radius 1 is 1.35 bits per heavy atom. The van der Waals surface area contributed by atoms with E-state index < -0.39 is 0 Å². The first kappa shape index (κ1) is 16.2. The Morgan fingerprint density at radius 3 is 2.45 bits per heavy atom. The maximum Gasteiger partial charge on any atom is 0.287 e. The van der Waals surface area contributed by atoms with Gasteiger partial charge < -0.3 is 10.6 Å². The summed E-state index contributed by atoms with van der Waals surface area (Å²) in [6, 6.07) is 0.268. The summed E-state index contributed by atoms with van der Waals surface area (Å²) >= 11 is 0. The summed E-state index contributed by atoms with van der Waals surface area (Å²) in [6.07, 6.45) is 6.26. The Morgan fingerprint density at radius 2 is 1.95 bits per heavy atom. The van der Waals surface area contributed by atoms with E-state index >= 15 is 0 Å². The third kappa shape index (κ3) is 3.84. The monoisotopic (exact) mass is 279 g/mol. The second kappa shape index (κ2) is 7.09. The molecule has 0 aromatic rings. The molecule has 112 valence electrons. The lowest BCUT2D eigenvalue weighted by Crippen LogP contribution is -2.43. The van der Waals surface area contributed by atoms with Crippen LogP contribution in [0.15, 0.2) is 28.7 Å². The number of nitrogens with one attached hydrogen (secondary N) is 1. The zero-order valence-corrected chi connectivity index (χ0v) is 12.8. The number of rotatable bonds is 5. The number of hydrogen-bond acceptors (Lipinski definition) is 5. The average Bonchev–Trinajstić information content (AvgIpc) is 2.38. The van der Waals surface area contributed by atoms with Crippen molar-refractivity contribution in [3.8, 4) is 0 Å². The van der Waals surface area contributed by atoms with Gasteiger partial charge in [-0.05, 0) is 25.5 Å². The molecule has 0 aliphatic heterocycles. The predicted octanol–water partition coefficient (Wildman–Crippen LogP) is 0.694. The van der Waals surface area contributed by atoms with Crippen LogP contribution in [-0.2, 0) is 4.79 Å². The summed E-state index contributed by atoms with van der Waals surface area (Å²) in [5, 5.41) is 1.55. The number of carbonyl (C=O) groups is 1. The van der Waals surface area contributed by atoms with Crippen molar-refractivity contribution in [3.05, 3.63) is 23.7 Å². The molecule has 2 atom stereocenters. The predicted molar refractivity (Wildman–Crippen MR) is 81.7 cm³/mol. The summed E-state index contributed by atoms with van der Waals surface area (Å²) in [5.41, 5.74) is 8.89. The van der Waals surface area contributed by atoms with Crippen molar-refractivity contribution in [3.63, 3.8) is 0 Å². The van der Waals surface area contributed by atoms with Gasteiger partial charge in [0.05, 0.1) is 0 Å². The first-order valence-corrected chi connectivity index (χ1v) is 6.71. The molecule has 6 nitrogen and oxygen atoms in total. The summed E-state index contributed by atoms with van der Waals surface area (Å²) in [5.74, 6) is 0.478. The minimum atomic E-state index is -0.353. The zero-order chi connectivity index (χ0) is 15.3. The minimum absolute atomic E-state index is 0.156. The van der Waals surface area contributed by atoms with Crippen molar-refractivity contribution in [2.24, 2.45) is 16.6 Å². The van der Waals surface area contributed by atoms with Gasteiger partial charge >= 0.3 is 0 Å². The van der Waals surface area contributed by atoms with Crippen LogP contribution in [0.1, 0.15) is 19.8 Å². The molecule has 1 aliphatic carbocycles. The molecule has 3 N–H and O–H groups in total. The van der Waals surface area contributed by atoms with Gasteiger partial charge in [0.25, 0.3) is 5.91 Å². The third-order valence-corrected chi connectivity index (χ3v) is 3.53. The van der Waals surface area contributed by atoms with E-state index in [1.165, 1.54) is 0 Å². The standard InChI is InChI=1S/C14H25N5O/c1-10-8-6-7-9-11(10)19(5)13(15)12(16-2)14(20)17-18(3)4/h6-7,10-11H,2,8-9,15H2,1,3-5H3,(H,17,20)/b13-12-/t10?,11-/m1/s1. The van der Waals surface area contributed by atoms with Crippen LogP contribution in [0.5, 0.6) is 0 Å². The molecule has 0 saturated heterocycles. The lowest BCUT2D eigenvalue weighted by atomic mass is 9.90. The van der Waals surface area contributed by atoms with Crippen LogP contribution in [0.25, 0.3) is 0 Å². The number of allylic oxidation sites excluding steroid dienone is 1. The molecule has 0 aromatic heterocycles. The summed E-state index contributed by atoms with van der Waals surface area (Å²) < 4.78 is 0. The molecule has 0 spiro atoms. The highest BCUT2D eigenvalue weighted by Gasteiger charge is 2.26. The molecule has 0 heterocycles. The second-order valence-corrected chi connectivity index (χ2v) is 5.33. The number of aliphatic imine (C=N–C) groups is 1. The van der Waals surface area contributed by atoms with E-state index in [1.807, 2.05) is 11.9 Å². The van der Waals surface area contributed by atoms with Crippen LogP contribution in [0.4, 0.5) is 0 Å². The first-order valence-electron chi connectivity index (χ1n) is 6.71. The van der Waals surface area contributed by atoms with Crippen LogP contribution >= 0.6 is 0 Å². The van der Waals surface area contributed by atoms with Crippen molar-refractivity contribution < 1.29 is 4.79 Å². The number of hydrogen-bond donors (Lipinski definition) is 2. The summed E-state index contributed by atoms with van der Waals surface area (Å²) in [6.45, 7) is 5.63. The van der Waals surface area contributed by atoms with E-state index in [1.54, 1.807) is 19.1 Å². The number of nitrogens with two attached hydrogens (primary N) is 1. The lowest BCUT2D eigenvalue weighted by Gasteiger charge is -2.35. The van der Waals surface area contributed by atoms with Gasteiger partial charge in [-0.1, -0.05) is 19.1 Å². The largest absolute Gasteiger partial charge is 0.383 e. The fourth-order valence-corrected chi connectivity index (χ4v) is 2.35. The van der Waals surface area contributed by atoms with E-state index in [4.69, 9.17) is 5.73 Å². The Kier molecular flexibility index (Phi) is 5.76. The van der Waals surface area contributed by atoms with Gasteiger partial charge in [0.15, 0.2) is 5.70 Å². The number of amides is 1. The van der Waals surface area contributed by atoms with Crippen LogP contribution in [-0.4, -0.2) is 49.7 Å². The zero-order valence-electron chi connectivity index (χ0n) is 12.8. The van der Waals surface area contributed by atoms with Crippen LogP contribution in [0.3, 0.4) is 0 Å². The maximum absolute atomic E-state index is 12.0. The molecule has 20 heavy (non-hydrogen) atoms. The van der Waals surface area contributed by atoms with Crippen molar-refractivity contribution in [2.75, 3.05) is 21.1 Å². The smallest absolute Gasteiger partial charge is 0.287 e. The van der Waals surface area contributed by atoms with E-state index in [-0.39, 0.29) is 17.6 Å². The summed E-state index contributed by atoms with van der Waals surface area (Å²) in [4.78, 5) is 17.7. The Labute approximate surface area is 121 Å². The van der Waals surface area contributed by atoms with Crippen molar-refractivity contribution in [1.29, 1.82) is 0 Å². The van der Waals surface area contributed by atoms with Crippen LogP contribution in [0.2, 0.25) is 0 Å². The maximum atomic E-state index is 12.0. The Balaban J connectivity index is 2.94. The van der Waals surface area contributed by atoms with Gasteiger partial charge in [-0.3, -0.25) is 15.2 Å². The van der Waals surface area contributed by atoms with Gasteiger partial charge in [-0.15, -0.1) is 0 Å². The first-order chi connectivity index (χ1) is 9.38. The molecule has 0 bridgehead atoms. The fraction of sp³-hybridized carbons (Fsp3) is 0.571. The highest BCUT2D eigenvalue weighted by atomic mass is 16.2. The molecule has 0 saturated carbocycles. The molecule has 0 aromatic carbocycles. The molecule has 1 amide bonds. The Bertz CT molecular complexity index is 427. The number of nitrogens with zero attached hydrogens (tertiary/aromatic N) is 3. The summed E-state index contributed by atoms with van der Waals surface area (Å²) in [7, 11) is 5.35. The number of hydrazine groups is 1. The highest BCUT2D eigenvalue weighted by Crippen LogP contribution is 2.25. The SMILES string of the molecule is C=N/C(C(=O)NN(C)C)=C(/N)N(C)[C@@H]1CC=CCC1C. The molecule has 1 unspecified atom stereocenters. The molecule has 1 rings (SSSR count). The average molecular weight is 279 g/mol. The van der Waals surface area contributed by atoms with Crippen molar-refractivity contribution in [2.45, 2.75) is 25.8 Å². The second-order valence-electron chi connectivity index (χ2n) is 5.33. The van der Waals surface area contributed by atoms with Crippen molar-refractivity contribution in [1.82, 2.24) is 15.3 Å². The highest BCUT2D eigenvalue weighted by molar-refractivity contribution is 5.93. The quantitative estimate of drug-likeness (QED) is 0.336. The van der Waals surface area contributed by atoms with E-state index in [0.717, 1.165) is 12.8 Å². The number of carbonyl (C=O) groups excluding carboxylic acids is 1. The minimum Gasteiger partial charge on any atom is -0.383 e. The van der Waals surface area contributed by atoms with Gasteiger partial charge in [0.1, 0.15) is 5.82 Å². The lowest BCUT2D eigenvalue weighted by molar-refractivity contribution is -0.121. The van der Waals surface area contributed by atoms with Gasteiger partial charge in [-0.25, -0.2) is 5.01 Å². The van der Waals surface area contributed by atoms with E-state index in [9.17, 15) is 4.79 Å². The Hall–Kier alpha value is -1.82. The van der Waals surface area contributed by atoms with E-state index in [2.05, 4.69) is 36.2 Å². The van der Waals surface area contributed by atoms with Gasteiger partial charge in [-0.2, -0.15) is 0 Å². The molecule has 6 heteroatoms. The molecule has 0 radical (unpaired) electrons. The molecule has 0 fully saturated rings. The van der Waals surface area contributed by atoms with Gasteiger partial charge in [0.2, 0.25) is 0 Å². The molecule has 1 aliphatic rings.